The lowest BCUT2D eigenvalue weighted by Crippen LogP contribution is -2.17. The molecule has 1 heterocycles. The van der Waals surface area contributed by atoms with Gasteiger partial charge in [0, 0.05) is 21.8 Å². The van der Waals surface area contributed by atoms with Gasteiger partial charge in [0.25, 0.3) is 0 Å². The lowest BCUT2D eigenvalue weighted by atomic mass is 10.2. The molecule has 0 aliphatic carbocycles. The van der Waals surface area contributed by atoms with E-state index in [1.165, 1.54) is 10.9 Å². The van der Waals surface area contributed by atoms with Gasteiger partial charge in [-0.2, -0.15) is 0 Å². The molecule has 1 aromatic carbocycles. The lowest BCUT2D eigenvalue weighted by Gasteiger charge is -2.20. The number of anilines is 2. The van der Waals surface area contributed by atoms with Gasteiger partial charge in [0.2, 0.25) is 0 Å². The molecule has 0 radical (unpaired) electrons. The summed E-state index contributed by atoms with van der Waals surface area (Å²) in [4.78, 5) is 3.14. The van der Waals surface area contributed by atoms with Crippen LogP contribution in [0, 0.1) is 5.82 Å². The minimum Gasteiger partial charge on any atom is -0.395 e. The first-order valence-corrected chi connectivity index (χ1v) is 6.73. The number of thiophene rings is 1. The first-order chi connectivity index (χ1) is 8.08. The fourth-order valence-electron chi connectivity index (χ4n) is 1.61. The molecule has 90 valence electrons. The summed E-state index contributed by atoms with van der Waals surface area (Å²) in [7, 11) is 1.90. The Morgan fingerprint density at radius 2 is 2.24 bits per heavy atom. The second kappa shape index (κ2) is 5.06. The largest absolute Gasteiger partial charge is 0.395 e. The topological polar surface area (TPSA) is 29.3 Å². The van der Waals surface area contributed by atoms with Crippen molar-refractivity contribution in [3.8, 4) is 0 Å². The molecule has 0 bridgehead atoms. The van der Waals surface area contributed by atoms with E-state index in [1.54, 1.807) is 17.4 Å². The molecule has 0 unspecified atom stereocenters. The van der Waals surface area contributed by atoms with E-state index in [0.717, 1.165) is 10.2 Å². The van der Waals surface area contributed by atoms with Gasteiger partial charge in [-0.05, 0) is 34.1 Å². The van der Waals surface area contributed by atoms with Gasteiger partial charge in [-0.25, -0.2) is 4.39 Å². The summed E-state index contributed by atoms with van der Waals surface area (Å²) in [6, 6.07) is 6.91. The molecule has 0 saturated heterocycles. The average molecular weight is 315 g/mol. The van der Waals surface area contributed by atoms with E-state index in [9.17, 15) is 4.39 Å². The minimum absolute atomic E-state index is 0.200. The number of nitrogens with zero attached hydrogens (tertiary/aromatic N) is 1. The van der Waals surface area contributed by atoms with Crippen LogP contribution in [-0.4, -0.2) is 7.05 Å². The molecule has 2 N–H and O–H groups in total. The number of nitrogen functional groups attached to an aromatic ring is 1. The van der Waals surface area contributed by atoms with Crippen LogP contribution in [-0.2, 0) is 6.54 Å². The van der Waals surface area contributed by atoms with Gasteiger partial charge >= 0.3 is 0 Å². The van der Waals surface area contributed by atoms with Gasteiger partial charge in [-0.3, -0.25) is 0 Å². The van der Waals surface area contributed by atoms with Crippen molar-refractivity contribution >= 4 is 38.6 Å². The summed E-state index contributed by atoms with van der Waals surface area (Å²) in [5, 5.41) is 2.03. The number of hydrogen-bond acceptors (Lipinski definition) is 3. The Kier molecular flexibility index (Phi) is 3.69. The molecular weight excluding hydrogens is 303 g/mol. The Morgan fingerprint density at radius 3 is 2.88 bits per heavy atom. The monoisotopic (exact) mass is 314 g/mol. The van der Waals surface area contributed by atoms with Gasteiger partial charge in [0.05, 0.1) is 17.9 Å². The van der Waals surface area contributed by atoms with E-state index in [1.807, 2.05) is 23.4 Å². The van der Waals surface area contributed by atoms with Crippen LogP contribution < -0.4 is 10.6 Å². The fraction of sp³-hybridized carbons (Fsp3) is 0.167. The zero-order chi connectivity index (χ0) is 12.4. The molecular formula is C12H12BrFN2S. The molecule has 0 fully saturated rings. The summed E-state index contributed by atoms with van der Waals surface area (Å²) >= 11 is 5.07. The predicted molar refractivity (Wildman–Crippen MR) is 74.9 cm³/mol. The number of rotatable bonds is 3. The third kappa shape index (κ3) is 2.79. The third-order valence-corrected chi connectivity index (χ3v) is 4.14. The van der Waals surface area contributed by atoms with E-state index < -0.39 is 0 Å². The lowest BCUT2D eigenvalue weighted by molar-refractivity contribution is 0.632. The van der Waals surface area contributed by atoms with E-state index in [0.29, 0.717) is 6.54 Å². The van der Waals surface area contributed by atoms with Crippen molar-refractivity contribution < 1.29 is 4.39 Å². The third-order valence-electron chi connectivity index (χ3n) is 2.46. The highest BCUT2D eigenvalue weighted by molar-refractivity contribution is 9.10. The molecule has 2 aromatic rings. The Labute approximate surface area is 112 Å². The highest BCUT2D eigenvalue weighted by Gasteiger charge is 2.10. The number of hydrogen-bond donors (Lipinski definition) is 1. The maximum Gasteiger partial charge on any atom is 0.148 e. The number of para-hydroxylation sites is 1. The van der Waals surface area contributed by atoms with Crippen molar-refractivity contribution in [3.63, 3.8) is 0 Å². The summed E-state index contributed by atoms with van der Waals surface area (Å²) < 4.78 is 14.4. The Hall–Kier alpha value is -1.07. The zero-order valence-corrected chi connectivity index (χ0v) is 11.7. The van der Waals surface area contributed by atoms with Crippen LogP contribution in [0.15, 0.2) is 34.1 Å². The van der Waals surface area contributed by atoms with E-state index in [4.69, 9.17) is 5.73 Å². The van der Waals surface area contributed by atoms with Crippen LogP contribution in [0.25, 0.3) is 0 Å². The molecule has 0 aliphatic heterocycles. The smallest absolute Gasteiger partial charge is 0.148 e. The molecule has 0 amide bonds. The minimum atomic E-state index is -0.373. The predicted octanol–water partition coefficient (Wildman–Crippen LogP) is 3.87. The molecule has 2 rings (SSSR count). The van der Waals surface area contributed by atoms with Gasteiger partial charge in [0.1, 0.15) is 5.82 Å². The van der Waals surface area contributed by atoms with Gasteiger partial charge in [0.15, 0.2) is 0 Å². The molecule has 1 aromatic heterocycles. The first kappa shape index (κ1) is 12.4. The summed E-state index contributed by atoms with van der Waals surface area (Å²) in [5.41, 5.74) is 6.64. The number of benzene rings is 1. The van der Waals surface area contributed by atoms with Crippen molar-refractivity contribution in [2.75, 3.05) is 17.7 Å². The zero-order valence-electron chi connectivity index (χ0n) is 9.28. The van der Waals surface area contributed by atoms with Gasteiger partial charge in [-0.1, -0.05) is 6.07 Å². The standard InChI is InChI=1S/C12H12BrFN2S/c1-16(6-9-5-8(13)7-17-9)11-4-2-3-10(14)12(11)15/h2-5,7H,6,15H2,1H3. The Balaban J connectivity index is 2.20. The van der Waals surface area contributed by atoms with E-state index >= 15 is 0 Å². The summed E-state index contributed by atoms with van der Waals surface area (Å²) in [5.74, 6) is -0.373. The van der Waals surface area contributed by atoms with Gasteiger partial charge < -0.3 is 10.6 Å². The van der Waals surface area contributed by atoms with E-state index in [-0.39, 0.29) is 11.5 Å². The van der Waals surface area contributed by atoms with Crippen LogP contribution in [0.2, 0.25) is 0 Å². The maximum atomic E-state index is 13.3. The maximum absolute atomic E-state index is 13.3. The number of halogens is 2. The van der Waals surface area contributed by atoms with Crippen molar-refractivity contribution in [2.24, 2.45) is 0 Å². The average Bonchev–Trinajstić information content (AvgIpc) is 2.68. The van der Waals surface area contributed by atoms with Crippen molar-refractivity contribution in [3.05, 3.63) is 44.8 Å². The SMILES string of the molecule is CN(Cc1cc(Br)cs1)c1cccc(F)c1N. The van der Waals surface area contributed by atoms with Crippen LogP contribution in [0.3, 0.4) is 0 Å². The first-order valence-electron chi connectivity index (χ1n) is 5.06. The van der Waals surface area contributed by atoms with Crippen LogP contribution in [0.1, 0.15) is 4.88 Å². The highest BCUT2D eigenvalue weighted by Crippen LogP contribution is 2.28. The van der Waals surface area contributed by atoms with E-state index in [2.05, 4.69) is 22.0 Å². The summed E-state index contributed by atoms with van der Waals surface area (Å²) in [6.45, 7) is 0.712. The Morgan fingerprint density at radius 1 is 1.47 bits per heavy atom. The van der Waals surface area contributed by atoms with Gasteiger partial charge in [-0.15, -0.1) is 11.3 Å². The molecule has 0 atom stereocenters. The molecule has 0 aliphatic rings. The van der Waals surface area contributed by atoms with Crippen molar-refractivity contribution in [1.82, 2.24) is 0 Å². The highest BCUT2D eigenvalue weighted by atomic mass is 79.9. The normalized spacial score (nSPS) is 10.5. The molecule has 0 saturated carbocycles. The van der Waals surface area contributed by atoms with Crippen LogP contribution >= 0.6 is 27.3 Å². The van der Waals surface area contributed by atoms with Crippen molar-refractivity contribution in [2.45, 2.75) is 6.54 Å². The van der Waals surface area contributed by atoms with Crippen LogP contribution in [0.5, 0.6) is 0 Å². The summed E-state index contributed by atoms with van der Waals surface area (Å²) in [6.07, 6.45) is 0. The fourth-order valence-corrected chi connectivity index (χ4v) is 3.12. The molecule has 2 nitrogen and oxygen atoms in total. The quantitative estimate of drug-likeness (QED) is 0.871. The van der Waals surface area contributed by atoms with Crippen LogP contribution in [0.4, 0.5) is 15.8 Å². The molecule has 5 heteroatoms. The molecule has 0 spiro atoms. The second-order valence-electron chi connectivity index (χ2n) is 3.76. The van der Waals surface area contributed by atoms with Crippen molar-refractivity contribution in [1.29, 1.82) is 0 Å². The number of nitrogens with two attached hydrogens (primary N) is 1. The second-order valence-corrected chi connectivity index (χ2v) is 5.67. The molecule has 17 heavy (non-hydrogen) atoms. The Bertz CT molecular complexity index is 527.